The Morgan fingerprint density at radius 1 is 1.22 bits per heavy atom. The van der Waals surface area contributed by atoms with Gasteiger partial charge >= 0.3 is 5.97 Å². The molecule has 0 spiro atoms. The van der Waals surface area contributed by atoms with Crippen LogP contribution in [0.2, 0.25) is 0 Å². The molecule has 36 heavy (non-hydrogen) atoms. The normalized spacial score (nSPS) is 19.3. The molecule has 2 aromatic rings. The topological polar surface area (TPSA) is 129 Å². The van der Waals surface area contributed by atoms with Crippen molar-refractivity contribution in [2.45, 2.75) is 43.0 Å². The molecule has 4 rings (SSSR count). The van der Waals surface area contributed by atoms with E-state index in [4.69, 9.17) is 24.6 Å². The second-order valence-corrected chi connectivity index (χ2v) is 9.53. The lowest BCUT2D eigenvalue weighted by atomic mass is 9.78. The fraction of sp³-hybridized carbons (Fsp3) is 0.370. The van der Waals surface area contributed by atoms with Gasteiger partial charge in [-0.25, -0.2) is 9.78 Å². The fourth-order valence-electron chi connectivity index (χ4n) is 4.64. The van der Waals surface area contributed by atoms with Crippen molar-refractivity contribution in [3.8, 4) is 17.9 Å². The minimum Gasteiger partial charge on any atom is -0.497 e. The van der Waals surface area contributed by atoms with Crippen LogP contribution < -0.4 is 4.74 Å². The third-order valence-corrected chi connectivity index (χ3v) is 7.43. The molecule has 0 saturated carbocycles. The van der Waals surface area contributed by atoms with E-state index in [1.54, 1.807) is 24.3 Å². The Kier molecular flexibility index (Phi) is 7.92. The quantitative estimate of drug-likeness (QED) is 0.342. The van der Waals surface area contributed by atoms with E-state index in [1.807, 2.05) is 6.07 Å². The number of esters is 1. The number of fused-ring (bicyclic) bond motifs is 1. The number of nitrogens with one attached hydrogen (secondary N) is 1. The highest BCUT2D eigenvalue weighted by molar-refractivity contribution is 7.99. The zero-order valence-corrected chi connectivity index (χ0v) is 21.0. The number of rotatable bonds is 6. The third kappa shape index (κ3) is 5.07. The van der Waals surface area contributed by atoms with E-state index < -0.39 is 17.8 Å². The van der Waals surface area contributed by atoms with Gasteiger partial charge in [-0.05, 0) is 55.0 Å². The summed E-state index contributed by atoms with van der Waals surface area (Å²) in [4.78, 5) is 17.8. The van der Waals surface area contributed by atoms with Crippen molar-refractivity contribution in [3.63, 3.8) is 0 Å². The molecule has 184 valence electrons. The van der Waals surface area contributed by atoms with Crippen LogP contribution >= 0.6 is 11.8 Å². The van der Waals surface area contributed by atoms with Crippen LogP contribution in [0.4, 0.5) is 0 Å². The van der Waals surface area contributed by atoms with Crippen LogP contribution in [-0.2, 0) is 27.1 Å². The SMILES string of the molecule is COC(=O)C1=C(CSc2nc3c(cc2C#N)CCCCC3)OC(=N)C(C#N)C1c1cccc(OC)c1. The number of carbonyl (C=O) groups is 1. The minimum atomic E-state index is -1.01. The lowest BCUT2D eigenvalue weighted by molar-refractivity contribution is -0.136. The zero-order chi connectivity index (χ0) is 25.7. The minimum absolute atomic E-state index is 0.145. The van der Waals surface area contributed by atoms with E-state index in [0.29, 0.717) is 21.9 Å². The lowest BCUT2D eigenvalue weighted by Gasteiger charge is -2.31. The summed E-state index contributed by atoms with van der Waals surface area (Å²) < 4.78 is 16.1. The number of nitrogens with zero attached hydrogens (tertiary/aromatic N) is 3. The molecule has 1 aliphatic carbocycles. The Bertz CT molecular complexity index is 1310. The van der Waals surface area contributed by atoms with Crippen LogP contribution in [-0.4, -0.2) is 36.8 Å². The summed E-state index contributed by atoms with van der Waals surface area (Å²) in [5.41, 5.74) is 3.42. The van der Waals surface area contributed by atoms with E-state index in [-0.39, 0.29) is 23.0 Å². The van der Waals surface area contributed by atoms with Crippen molar-refractivity contribution in [1.29, 1.82) is 15.9 Å². The van der Waals surface area contributed by atoms with Crippen LogP contribution in [0.1, 0.15) is 47.6 Å². The highest BCUT2D eigenvalue weighted by atomic mass is 32.2. The summed E-state index contributed by atoms with van der Waals surface area (Å²) in [6.07, 6.45) is 5.07. The van der Waals surface area contributed by atoms with Gasteiger partial charge in [-0.2, -0.15) is 10.5 Å². The Balaban J connectivity index is 1.75. The van der Waals surface area contributed by atoms with Crippen molar-refractivity contribution in [1.82, 2.24) is 4.98 Å². The number of aromatic nitrogens is 1. The molecule has 8 nitrogen and oxygen atoms in total. The van der Waals surface area contributed by atoms with Crippen LogP contribution in [0.25, 0.3) is 0 Å². The maximum atomic E-state index is 13.0. The molecule has 0 saturated heterocycles. The number of pyridine rings is 1. The van der Waals surface area contributed by atoms with E-state index in [9.17, 15) is 15.3 Å². The maximum absolute atomic E-state index is 13.0. The predicted molar refractivity (Wildman–Crippen MR) is 134 cm³/mol. The smallest absolute Gasteiger partial charge is 0.337 e. The van der Waals surface area contributed by atoms with Gasteiger partial charge in [-0.15, -0.1) is 0 Å². The first-order valence-corrected chi connectivity index (χ1v) is 12.7. The van der Waals surface area contributed by atoms with Gasteiger partial charge < -0.3 is 14.2 Å². The molecule has 2 unspecified atom stereocenters. The Hall–Kier alpha value is -3.82. The molecule has 1 N–H and O–H groups in total. The molecule has 1 aromatic carbocycles. The average Bonchev–Trinajstić information content (AvgIpc) is 3.15. The molecule has 0 amide bonds. The third-order valence-electron chi connectivity index (χ3n) is 6.43. The second-order valence-electron chi connectivity index (χ2n) is 8.56. The summed E-state index contributed by atoms with van der Waals surface area (Å²) in [5, 5.41) is 28.6. The number of methoxy groups -OCH3 is 2. The molecule has 0 fully saturated rings. The number of thioether (sulfide) groups is 1. The number of benzene rings is 1. The number of aryl methyl sites for hydroxylation is 2. The molecule has 2 aliphatic rings. The van der Waals surface area contributed by atoms with E-state index in [2.05, 4.69) is 12.1 Å². The van der Waals surface area contributed by atoms with Crippen LogP contribution in [0.15, 0.2) is 46.7 Å². The molecule has 0 radical (unpaired) electrons. The Labute approximate surface area is 214 Å². The fourth-order valence-corrected chi connectivity index (χ4v) is 5.56. The van der Waals surface area contributed by atoms with Crippen LogP contribution in [0, 0.1) is 34.0 Å². The lowest BCUT2D eigenvalue weighted by Crippen LogP contribution is -2.34. The maximum Gasteiger partial charge on any atom is 0.337 e. The average molecular weight is 503 g/mol. The molecular weight excluding hydrogens is 476 g/mol. The second kappa shape index (κ2) is 11.3. The van der Waals surface area contributed by atoms with Gasteiger partial charge in [0, 0.05) is 11.6 Å². The summed E-state index contributed by atoms with van der Waals surface area (Å²) in [6, 6.07) is 13.3. The van der Waals surface area contributed by atoms with Crippen molar-refractivity contribution in [2.24, 2.45) is 5.92 Å². The van der Waals surface area contributed by atoms with Crippen molar-refractivity contribution >= 4 is 23.6 Å². The van der Waals surface area contributed by atoms with E-state index >= 15 is 0 Å². The Morgan fingerprint density at radius 2 is 2.03 bits per heavy atom. The van der Waals surface area contributed by atoms with Crippen molar-refractivity contribution in [3.05, 3.63) is 64.0 Å². The molecular formula is C27H26N4O4S. The van der Waals surface area contributed by atoms with Gasteiger partial charge in [0.15, 0.2) is 0 Å². The van der Waals surface area contributed by atoms with Crippen molar-refractivity contribution < 1.29 is 19.0 Å². The summed E-state index contributed by atoms with van der Waals surface area (Å²) in [6.45, 7) is 0. The Morgan fingerprint density at radius 3 is 2.75 bits per heavy atom. The number of nitriles is 2. The number of hydrogen-bond acceptors (Lipinski definition) is 9. The van der Waals surface area contributed by atoms with Crippen LogP contribution in [0.5, 0.6) is 5.75 Å². The molecule has 1 aliphatic heterocycles. The first-order valence-electron chi connectivity index (χ1n) is 11.7. The summed E-state index contributed by atoms with van der Waals surface area (Å²) in [7, 11) is 2.80. The largest absolute Gasteiger partial charge is 0.497 e. The summed E-state index contributed by atoms with van der Waals surface area (Å²) >= 11 is 1.28. The molecule has 9 heteroatoms. The van der Waals surface area contributed by atoms with Gasteiger partial charge in [-0.3, -0.25) is 5.41 Å². The summed E-state index contributed by atoms with van der Waals surface area (Å²) in [5.74, 6) is -1.74. The predicted octanol–water partition coefficient (Wildman–Crippen LogP) is 4.68. The van der Waals surface area contributed by atoms with Gasteiger partial charge in [0.2, 0.25) is 5.90 Å². The molecule has 0 bridgehead atoms. The number of ether oxygens (including phenoxy) is 3. The van der Waals surface area contributed by atoms with Gasteiger partial charge in [0.1, 0.15) is 28.5 Å². The van der Waals surface area contributed by atoms with Crippen LogP contribution in [0.3, 0.4) is 0 Å². The van der Waals surface area contributed by atoms with E-state index in [0.717, 1.165) is 43.4 Å². The zero-order valence-electron chi connectivity index (χ0n) is 20.2. The highest BCUT2D eigenvalue weighted by Gasteiger charge is 2.42. The standard InChI is InChI=1S/C27H26N4O4S/c1-33-19-9-6-8-17(12-19)23-20(14-29)25(30)35-22(24(23)27(32)34-2)15-36-26-18(13-28)11-16-7-4-3-5-10-21(16)31-26/h6,8-9,11-12,20,23,30H,3-5,7,10,15H2,1-2H3. The van der Waals surface area contributed by atoms with Gasteiger partial charge in [-0.1, -0.05) is 30.3 Å². The number of carbonyl (C=O) groups excluding carboxylic acids is 1. The van der Waals surface area contributed by atoms with E-state index in [1.165, 1.54) is 26.0 Å². The molecule has 2 atom stereocenters. The highest BCUT2D eigenvalue weighted by Crippen LogP contribution is 2.42. The van der Waals surface area contributed by atoms with Gasteiger partial charge in [0.25, 0.3) is 0 Å². The number of hydrogen-bond donors (Lipinski definition) is 1. The molecule has 1 aromatic heterocycles. The first kappa shape index (κ1) is 25.3. The molecule has 2 heterocycles. The van der Waals surface area contributed by atoms with Gasteiger partial charge in [0.05, 0.1) is 37.2 Å². The first-order chi connectivity index (χ1) is 17.5. The van der Waals surface area contributed by atoms with Crippen molar-refractivity contribution in [2.75, 3.05) is 20.0 Å². The monoisotopic (exact) mass is 502 g/mol.